The number of nitrogens with zero attached hydrogens (tertiary/aromatic N) is 1. The third-order valence-electron chi connectivity index (χ3n) is 4.60. The van der Waals surface area contributed by atoms with E-state index in [1.165, 1.54) is 11.1 Å². The fourth-order valence-corrected chi connectivity index (χ4v) is 3.30. The Morgan fingerprint density at radius 1 is 1.28 bits per heavy atom. The number of carbonyl (C=O) groups is 1. The Hall–Kier alpha value is -2.54. The van der Waals surface area contributed by atoms with Crippen molar-refractivity contribution in [2.45, 2.75) is 38.3 Å². The van der Waals surface area contributed by atoms with Gasteiger partial charge in [0.05, 0.1) is 14.2 Å². The number of aromatic amines is 1. The van der Waals surface area contributed by atoms with Crippen LogP contribution in [0.3, 0.4) is 0 Å². The van der Waals surface area contributed by atoms with E-state index in [-0.39, 0.29) is 11.7 Å². The van der Waals surface area contributed by atoms with Gasteiger partial charge in [0.15, 0.2) is 17.2 Å². The lowest BCUT2D eigenvalue weighted by Crippen LogP contribution is -2.21. The minimum absolute atomic E-state index is 0.0319. The van der Waals surface area contributed by atoms with Crippen LogP contribution in [0.2, 0.25) is 0 Å². The largest absolute Gasteiger partial charge is 0.493 e. The summed E-state index contributed by atoms with van der Waals surface area (Å²) in [5, 5.41) is 19.0. The number of hydrogen-bond acceptors (Lipinski definition) is 5. The number of fused-ring (bicyclic) bond motifs is 1. The molecule has 134 valence electrons. The normalized spacial score (nSPS) is 16.8. The van der Waals surface area contributed by atoms with Crippen LogP contribution in [0.15, 0.2) is 18.2 Å². The molecule has 7 heteroatoms. The number of hydrogen-bond donors (Lipinski definition) is 3. The van der Waals surface area contributed by atoms with Crippen molar-refractivity contribution < 1.29 is 19.4 Å². The third kappa shape index (κ3) is 3.76. The summed E-state index contributed by atoms with van der Waals surface area (Å²) in [7, 11) is 3.29. The van der Waals surface area contributed by atoms with E-state index in [1.54, 1.807) is 20.3 Å². The summed E-state index contributed by atoms with van der Waals surface area (Å²) in [4.78, 5) is 10.9. The van der Waals surface area contributed by atoms with Gasteiger partial charge in [-0.25, -0.2) is 4.79 Å². The number of ether oxygens (including phenoxy) is 2. The standard InChI is InChI=1S/C18H23N3O4/c1-24-16-7-11-5-3-4-6-14(13(11)9-17(16)25-2)19-10-12-8-15(18(22)23)21-20-12/h7-9,14,19H,3-6,10H2,1-2H3,(H,20,21)(H,22,23). The molecule has 0 spiro atoms. The Morgan fingerprint density at radius 3 is 2.72 bits per heavy atom. The zero-order chi connectivity index (χ0) is 17.8. The number of aromatic carboxylic acids is 1. The zero-order valence-electron chi connectivity index (χ0n) is 14.5. The van der Waals surface area contributed by atoms with E-state index in [1.807, 2.05) is 6.07 Å². The van der Waals surface area contributed by atoms with E-state index in [4.69, 9.17) is 14.6 Å². The highest BCUT2D eigenvalue weighted by Crippen LogP contribution is 2.37. The summed E-state index contributed by atoms with van der Waals surface area (Å²) in [5.74, 6) is 0.449. The molecular weight excluding hydrogens is 322 g/mol. The molecule has 0 bridgehead atoms. The molecule has 7 nitrogen and oxygen atoms in total. The van der Waals surface area contributed by atoms with Crippen LogP contribution in [0.5, 0.6) is 11.5 Å². The quantitative estimate of drug-likeness (QED) is 0.697. The average molecular weight is 345 g/mol. The first-order chi connectivity index (χ1) is 12.1. The van der Waals surface area contributed by atoms with Crippen molar-refractivity contribution in [1.29, 1.82) is 0 Å². The van der Waals surface area contributed by atoms with Gasteiger partial charge in [0.1, 0.15) is 0 Å². The first-order valence-corrected chi connectivity index (χ1v) is 8.38. The number of nitrogens with one attached hydrogen (secondary N) is 2. The molecule has 1 aromatic carbocycles. The van der Waals surface area contributed by atoms with Crippen molar-refractivity contribution in [2.75, 3.05) is 14.2 Å². The van der Waals surface area contributed by atoms with Crippen LogP contribution in [0.4, 0.5) is 0 Å². The van der Waals surface area contributed by atoms with Gasteiger partial charge in [0, 0.05) is 18.3 Å². The molecule has 25 heavy (non-hydrogen) atoms. The van der Waals surface area contributed by atoms with Crippen LogP contribution < -0.4 is 14.8 Å². The molecule has 1 aliphatic carbocycles. The van der Waals surface area contributed by atoms with Gasteiger partial charge in [-0.15, -0.1) is 0 Å². The van der Waals surface area contributed by atoms with Gasteiger partial charge in [-0.1, -0.05) is 6.42 Å². The first kappa shape index (κ1) is 17.3. The minimum atomic E-state index is -1.03. The summed E-state index contributed by atoms with van der Waals surface area (Å²) >= 11 is 0. The molecule has 0 fully saturated rings. The highest BCUT2D eigenvalue weighted by Gasteiger charge is 2.21. The summed E-state index contributed by atoms with van der Waals surface area (Å²) < 4.78 is 10.9. The number of rotatable bonds is 6. The van der Waals surface area contributed by atoms with Crippen molar-refractivity contribution in [3.8, 4) is 11.5 Å². The number of aryl methyl sites for hydroxylation is 1. The topological polar surface area (TPSA) is 96.5 Å². The predicted molar refractivity (Wildman–Crippen MR) is 92.2 cm³/mol. The lowest BCUT2D eigenvalue weighted by Gasteiger charge is -2.21. The first-order valence-electron chi connectivity index (χ1n) is 8.38. The second kappa shape index (κ2) is 7.57. The molecule has 0 saturated heterocycles. The second-order valence-corrected chi connectivity index (χ2v) is 6.17. The maximum atomic E-state index is 10.9. The van der Waals surface area contributed by atoms with Crippen LogP contribution in [0, 0.1) is 0 Å². The van der Waals surface area contributed by atoms with Crippen molar-refractivity contribution in [2.24, 2.45) is 0 Å². The lowest BCUT2D eigenvalue weighted by molar-refractivity contribution is 0.0690. The van der Waals surface area contributed by atoms with E-state index in [0.29, 0.717) is 6.54 Å². The molecule has 2 aromatic rings. The van der Waals surface area contributed by atoms with Gasteiger partial charge < -0.3 is 19.9 Å². The van der Waals surface area contributed by atoms with Crippen LogP contribution in [-0.2, 0) is 13.0 Å². The SMILES string of the molecule is COc1cc2c(cc1OC)C(NCc1cc(C(=O)O)n[nH]1)CCCC2. The highest BCUT2D eigenvalue weighted by atomic mass is 16.5. The summed E-state index contributed by atoms with van der Waals surface area (Å²) in [6, 6.07) is 5.84. The number of methoxy groups -OCH3 is 2. The maximum absolute atomic E-state index is 10.9. The molecule has 0 aliphatic heterocycles. The van der Waals surface area contributed by atoms with Gasteiger partial charge in [0.2, 0.25) is 0 Å². The van der Waals surface area contributed by atoms with Crippen molar-refractivity contribution in [1.82, 2.24) is 15.5 Å². The Morgan fingerprint density at radius 2 is 2.04 bits per heavy atom. The van der Waals surface area contributed by atoms with E-state index in [9.17, 15) is 4.79 Å². The van der Waals surface area contributed by atoms with Gasteiger partial charge >= 0.3 is 5.97 Å². The van der Waals surface area contributed by atoms with E-state index < -0.39 is 5.97 Å². The lowest BCUT2D eigenvalue weighted by atomic mass is 9.98. The molecule has 0 radical (unpaired) electrons. The van der Waals surface area contributed by atoms with Gasteiger partial charge in [-0.2, -0.15) is 5.10 Å². The van der Waals surface area contributed by atoms with Crippen LogP contribution in [-0.4, -0.2) is 35.5 Å². The molecule has 1 atom stereocenters. The average Bonchev–Trinajstić information content (AvgIpc) is 3.01. The van der Waals surface area contributed by atoms with Gasteiger partial charge in [0.25, 0.3) is 0 Å². The number of H-pyrrole nitrogens is 1. The van der Waals surface area contributed by atoms with Crippen molar-refractivity contribution in [3.63, 3.8) is 0 Å². The maximum Gasteiger partial charge on any atom is 0.356 e. The van der Waals surface area contributed by atoms with Crippen LogP contribution in [0.1, 0.15) is 52.6 Å². The molecule has 1 aromatic heterocycles. The highest BCUT2D eigenvalue weighted by molar-refractivity contribution is 5.85. The molecule has 1 heterocycles. The molecule has 1 aliphatic rings. The zero-order valence-corrected chi connectivity index (χ0v) is 14.5. The van der Waals surface area contributed by atoms with E-state index in [0.717, 1.165) is 42.9 Å². The summed E-state index contributed by atoms with van der Waals surface area (Å²) in [5.41, 5.74) is 3.27. The molecule has 1 unspecified atom stereocenters. The third-order valence-corrected chi connectivity index (χ3v) is 4.60. The Bertz CT molecular complexity index is 757. The predicted octanol–water partition coefficient (Wildman–Crippen LogP) is 2.68. The van der Waals surface area contributed by atoms with Gasteiger partial charge in [-0.3, -0.25) is 5.10 Å². The fraction of sp³-hybridized carbons (Fsp3) is 0.444. The Balaban J connectivity index is 1.81. The number of benzene rings is 1. The van der Waals surface area contributed by atoms with E-state index >= 15 is 0 Å². The minimum Gasteiger partial charge on any atom is -0.493 e. The number of carboxylic acid groups (broad SMARTS) is 1. The molecular formula is C18H23N3O4. The molecule has 3 rings (SSSR count). The molecule has 3 N–H and O–H groups in total. The summed E-state index contributed by atoms with van der Waals surface area (Å²) in [6.45, 7) is 0.527. The Labute approximate surface area is 146 Å². The van der Waals surface area contributed by atoms with E-state index in [2.05, 4.69) is 21.6 Å². The van der Waals surface area contributed by atoms with Crippen molar-refractivity contribution >= 4 is 5.97 Å². The smallest absolute Gasteiger partial charge is 0.356 e. The van der Waals surface area contributed by atoms with Crippen molar-refractivity contribution in [3.05, 3.63) is 40.7 Å². The number of carboxylic acids is 1. The Kier molecular flexibility index (Phi) is 5.23. The number of aromatic nitrogens is 2. The second-order valence-electron chi connectivity index (χ2n) is 6.17. The molecule has 0 saturated carbocycles. The van der Waals surface area contributed by atoms with Crippen LogP contribution in [0.25, 0.3) is 0 Å². The molecule has 0 amide bonds. The van der Waals surface area contributed by atoms with Gasteiger partial charge in [-0.05, 0) is 48.6 Å². The van der Waals surface area contributed by atoms with Crippen LogP contribution >= 0.6 is 0 Å². The monoisotopic (exact) mass is 345 g/mol. The fourth-order valence-electron chi connectivity index (χ4n) is 3.30. The summed E-state index contributed by atoms with van der Waals surface area (Å²) in [6.07, 6.45) is 4.29.